The Hall–Kier alpha value is -3.85. The second-order valence-corrected chi connectivity index (χ2v) is 7.40. The molecule has 9 nitrogen and oxygen atoms in total. The van der Waals surface area contributed by atoms with E-state index in [1.807, 2.05) is 12.1 Å². The van der Waals surface area contributed by atoms with Crippen LogP contribution in [0, 0.1) is 0 Å². The summed E-state index contributed by atoms with van der Waals surface area (Å²) in [5.41, 5.74) is 4.17. The molecule has 2 aromatic carbocycles. The van der Waals surface area contributed by atoms with Crippen molar-refractivity contribution in [2.75, 3.05) is 5.43 Å². The average molecular weight is 439 g/mol. The molecule has 0 unspecified atom stereocenters. The number of nitrogens with zero attached hydrogens (tertiary/aromatic N) is 4. The van der Waals surface area contributed by atoms with E-state index in [9.17, 15) is 14.7 Å². The first kappa shape index (κ1) is 20.4. The number of rotatable bonds is 5. The number of hydrazone groups is 1. The maximum Gasteiger partial charge on any atom is 0.329 e. The topological polar surface area (TPSA) is 117 Å². The highest BCUT2D eigenvalue weighted by Gasteiger charge is 2.18. The first-order valence-electron chi connectivity index (χ1n) is 9.38. The third kappa shape index (κ3) is 3.95. The summed E-state index contributed by atoms with van der Waals surface area (Å²) in [6.45, 7) is 2.03. The highest BCUT2D eigenvalue weighted by atomic mass is 35.5. The fourth-order valence-corrected chi connectivity index (χ4v) is 3.35. The van der Waals surface area contributed by atoms with Crippen LogP contribution >= 0.6 is 11.6 Å². The summed E-state index contributed by atoms with van der Waals surface area (Å²) in [6.07, 6.45) is 0. The van der Waals surface area contributed by atoms with Gasteiger partial charge in [0.05, 0.1) is 12.3 Å². The van der Waals surface area contributed by atoms with Crippen LogP contribution in [0.25, 0.3) is 11.2 Å². The third-order valence-electron chi connectivity index (χ3n) is 4.88. The maximum absolute atomic E-state index is 12.6. The number of H-pyrrole nitrogens is 1. The Morgan fingerprint density at radius 1 is 1.19 bits per heavy atom. The van der Waals surface area contributed by atoms with Gasteiger partial charge in [-0.2, -0.15) is 10.1 Å². The zero-order valence-electron chi connectivity index (χ0n) is 16.8. The molecule has 0 fully saturated rings. The zero-order chi connectivity index (χ0) is 22.1. The van der Waals surface area contributed by atoms with Crippen LogP contribution < -0.4 is 16.7 Å². The van der Waals surface area contributed by atoms with E-state index >= 15 is 0 Å². The van der Waals surface area contributed by atoms with Crippen LogP contribution in [0.15, 0.2) is 63.2 Å². The van der Waals surface area contributed by atoms with Gasteiger partial charge >= 0.3 is 5.69 Å². The largest absolute Gasteiger partial charge is 0.507 e. The van der Waals surface area contributed by atoms with Gasteiger partial charge in [0.25, 0.3) is 5.56 Å². The SMILES string of the molecule is CC(=NNc1nc2c(c(=O)[nH]c(=O)n2C)n1Cc1ccc(Cl)cc1)c1ccccc1O. The molecule has 0 atom stereocenters. The Balaban J connectivity index is 1.83. The monoisotopic (exact) mass is 438 g/mol. The fraction of sp³-hybridized carbons (Fsp3) is 0.143. The van der Waals surface area contributed by atoms with Gasteiger partial charge in [0.1, 0.15) is 5.75 Å². The summed E-state index contributed by atoms with van der Waals surface area (Å²) in [6, 6.07) is 14.0. The number of hydrogen-bond acceptors (Lipinski definition) is 6. The molecule has 0 aliphatic carbocycles. The van der Waals surface area contributed by atoms with Crippen molar-refractivity contribution in [3.8, 4) is 5.75 Å². The number of benzene rings is 2. The standard InChI is InChI=1S/C21H19ClN6O3/c1-12(15-5-3-4-6-16(15)29)25-26-20-23-18-17(19(30)24-21(31)27(18)2)28(20)11-13-7-9-14(22)10-8-13/h3-10,29H,11H2,1-2H3,(H,23,26)(H,24,30,31). The molecule has 2 aromatic heterocycles. The van der Waals surface area contributed by atoms with E-state index in [2.05, 4.69) is 20.5 Å². The molecule has 0 saturated heterocycles. The molecule has 0 aliphatic rings. The molecular weight excluding hydrogens is 420 g/mol. The van der Waals surface area contributed by atoms with Crippen LogP contribution in [0.1, 0.15) is 18.1 Å². The summed E-state index contributed by atoms with van der Waals surface area (Å²) >= 11 is 5.98. The van der Waals surface area contributed by atoms with Crippen molar-refractivity contribution in [1.29, 1.82) is 0 Å². The van der Waals surface area contributed by atoms with E-state index < -0.39 is 11.2 Å². The van der Waals surface area contributed by atoms with Crippen LogP contribution in [0.3, 0.4) is 0 Å². The van der Waals surface area contributed by atoms with Crippen molar-refractivity contribution in [3.05, 3.63) is 85.5 Å². The van der Waals surface area contributed by atoms with E-state index in [1.165, 1.54) is 11.6 Å². The normalized spacial score (nSPS) is 11.8. The lowest BCUT2D eigenvalue weighted by molar-refractivity contribution is 0.474. The molecule has 0 aliphatic heterocycles. The molecule has 3 N–H and O–H groups in total. The predicted molar refractivity (Wildman–Crippen MR) is 120 cm³/mol. The molecule has 0 amide bonds. The zero-order valence-corrected chi connectivity index (χ0v) is 17.5. The number of aromatic amines is 1. The van der Waals surface area contributed by atoms with E-state index in [4.69, 9.17) is 11.6 Å². The number of anilines is 1. The molecular formula is C21H19ClN6O3. The Labute approximate surface area is 181 Å². The number of hydrogen-bond donors (Lipinski definition) is 3. The Bertz CT molecular complexity index is 1420. The number of phenolic OH excluding ortho intramolecular Hbond substituents is 1. The Kier molecular flexibility index (Phi) is 5.35. The number of halogens is 1. The van der Waals surface area contributed by atoms with Gasteiger partial charge in [-0.1, -0.05) is 35.9 Å². The summed E-state index contributed by atoms with van der Waals surface area (Å²) in [4.78, 5) is 31.3. The molecule has 4 aromatic rings. The first-order chi connectivity index (χ1) is 14.8. The van der Waals surface area contributed by atoms with Crippen LogP contribution in [0.5, 0.6) is 5.75 Å². The fourth-order valence-electron chi connectivity index (χ4n) is 3.22. The minimum absolute atomic E-state index is 0.0964. The van der Waals surface area contributed by atoms with Gasteiger partial charge in [0.2, 0.25) is 5.95 Å². The van der Waals surface area contributed by atoms with Gasteiger partial charge in [-0.3, -0.25) is 18.9 Å². The van der Waals surface area contributed by atoms with Crippen molar-refractivity contribution in [3.63, 3.8) is 0 Å². The number of phenols is 1. The van der Waals surface area contributed by atoms with Crippen molar-refractivity contribution < 1.29 is 5.11 Å². The van der Waals surface area contributed by atoms with Gasteiger partial charge < -0.3 is 5.11 Å². The maximum atomic E-state index is 12.6. The minimum atomic E-state index is -0.561. The number of para-hydroxylation sites is 1. The molecule has 0 saturated carbocycles. The molecule has 0 radical (unpaired) electrons. The van der Waals surface area contributed by atoms with Crippen molar-refractivity contribution in [1.82, 2.24) is 19.1 Å². The summed E-state index contributed by atoms with van der Waals surface area (Å²) in [5, 5.41) is 15.0. The minimum Gasteiger partial charge on any atom is -0.507 e. The smallest absolute Gasteiger partial charge is 0.329 e. The summed E-state index contributed by atoms with van der Waals surface area (Å²) < 4.78 is 2.90. The van der Waals surface area contributed by atoms with E-state index in [0.29, 0.717) is 22.8 Å². The second kappa shape index (κ2) is 8.11. The lowest BCUT2D eigenvalue weighted by Gasteiger charge is -2.09. The van der Waals surface area contributed by atoms with Gasteiger partial charge in [-0.15, -0.1) is 0 Å². The number of aromatic nitrogens is 4. The van der Waals surface area contributed by atoms with Gasteiger partial charge in [-0.05, 0) is 36.8 Å². The molecule has 10 heteroatoms. The number of aryl methyl sites for hydroxylation is 1. The molecule has 158 valence electrons. The lowest BCUT2D eigenvalue weighted by atomic mass is 10.1. The highest BCUT2D eigenvalue weighted by molar-refractivity contribution is 6.30. The first-order valence-corrected chi connectivity index (χ1v) is 9.75. The van der Waals surface area contributed by atoms with Crippen LogP contribution in [0.4, 0.5) is 5.95 Å². The predicted octanol–water partition coefficient (Wildman–Crippen LogP) is 2.67. The van der Waals surface area contributed by atoms with Gasteiger partial charge in [0.15, 0.2) is 11.2 Å². The molecule has 31 heavy (non-hydrogen) atoms. The third-order valence-corrected chi connectivity index (χ3v) is 5.13. The number of nitrogens with one attached hydrogen (secondary N) is 2. The van der Waals surface area contributed by atoms with Crippen LogP contribution in [-0.2, 0) is 13.6 Å². The van der Waals surface area contributed by atoms with Gasteiger partial charge in [-0.25, -0.2) is 10.2 Å². The number of aromatic hydroxyl groups is 1. The molecule has 0 bridgehead atoms. The Morgan fingerprint density at radius 3 is 2.61 bits per heavy atom. The van der Waals surface area contributed by atoms with E-state index in [1.54, 1.807) is 47.9 Å². The summed E-state index contributed by atoms with van der Waals surface area (Å²) in [5.74, 6) is 0.366. The van der Waals surface area contributed by atoms with Crippen LogP contribution in [0.2, 0.25) is 5.02 Å². The van der Waals surface area contributed by atoms with Crippen molar-refractivity contribution in [2.45, 2.75) is 13.5 Å². The molecule has 4 rings (SSSR count). The number of fused-ring (bicyclic) bond motifs is 1. The van der Waals surface area contributed by atoms with Gasteiger partial charge in [0, 0.05) is 17.6 Å². The molecule has 2 heterocycles. The second-order valence-electron chi connectivity index (χ2n) is 6.96. The highest BCUT2D eigenvalue weighted by Crippen LogP contribution is 2.20. The lowest BCUT2D eigenvalue weighted by Crippen LogP contribution is -2.29. The van der Waals surface area contributed by atoms with Crippen molar-refractivity contribution in [2.24, 2.45) is 12.1 Å². The quantitative estimate of drug-likeness (QED) is 0.327. The average Bonchev–Trinajstić information content (AvgIpc) is 3.11. The Morgan fingerprint density at radius 2 is 1.90 bits per heavy atom. The number of imidazole rings is 1. The van der Waals surface area contributed by atoms with Crippen LogP contribution in [-0.4, -0.2) is 29.9 Å². The van der Waals surface area contributed by atoms with Crippen molar-refractivity contribution >= 4 is 34.4 Å². The van der Waals surface area contributed by atoms with E-state index in [-0.39, 0.29) is 22.9 Å². The van der Waals surface area contributed by atoms with E-state index in [0.717, 1.165) is 5.56 Å². The summed E-state index contributed by atoms with van der Waals surface area (Å²) in [7, 11) is 1.53. The molecule has 0 spiro atoms.